The lowest BCUT2D eigenvalue weighted by Gasteiger charge is -1.98. The highest BCUT2D eigenvalue weighted by Crippen LogP contribution is 2.11. The lowest BCUT2D eigenvalue weighted by molar-refractivity contribution is -0.576. The van der Waals surface area contributed by atoms with Gasteiger partial charge in [0.1, 0.15) is 18.3 Å². The molecule has 1 saturated heterocycles. The van der Waals surface area contributed by atoms with E-state index in [1.807, 2.05) is 41.1 Å². The van der Waals surface area contributed by atoms with E-state index in [2.05, 4.69) is 46.8 Å². The van der Waals surface area contributed by atoms with Gasteiger partial charge in [-0.3, -0.25) is 0 Å². The molecule has 0 amide bonds. The molecule has 0 N–H and O–H groups in total. The Labute approximate surface area is 131 Å². The van der Waals surface area contributed by atoms with E-state index in [9.17, 15) is 0 Å². The van der Waals surface area contributed by atoms with Crippen molar-refractivity contribution in [2.45, 2.75) is 12.8 Å². The highest BCUT2D eigenvalue weighted by Gasteiger charge is 2.13. The van der Waals surface area contributed by atoms with Gasteiger partial charge in [0.2, 0.25) is 5.71 Å². The second-order valence-electron chi connectivity index (χ2n) is 5.35. The summed E-state index contributed by atoms with van der Waals surface area (Å²) in [5.74, 6) is 0. The molecule has 3 rings (SSSR count). The van der Waals surface area contributed by atoms with E-state index in [0.717, 1.165) is 24.4 Å². The van der Waals surface area contributed by atoms with Crippen LogP contribution >= 0.6 is 0 Å². The van der Waals surface area contributed by atoms with Gasteiger partial charge in [-0.05, 0) is 24.5 Å². The first-order valence-corrected chi connectivity index (χ1v) is 7.74. The van der Waals surface area contributed by atoms with Crippen LogP contribution in [-0.4, -0.2) is 23.5 Å². The molecule has 1 fully saturated rings. The minimum absolute atomic E-state index is 0.909. The summed E-state index contributed by atoms with van der Waals surface area (Å²) in [6.07, 6.45) is 16.7. The van der Waals surface area contributed by atoms with Crippen LogP contribution in [0.15, 0.2) is 82.7 Å². The number of hydrogen-bond acceptors (Lipinski definition) is 1. The van der Waals surface area contributed by atoms with Crippen LogP contribution in [-0.2, 0) is 0 Å². The van der Waals surface area contributed by atoms with Gasteiger partial charge in [-0.15, -0.1) is 0 Å². The molecule has 1 aromatic carbocycles. The second-order valence-corrected chi connectivity index (χ2v) is 5.35. The van der Waals surface area contributed by atoms with Gasteiger partial charge < -0.3 is 0 Å². The fraction of sp³-hybridized carbons (Fsp3) is 0.211. The summed E-state index contributed by atoms with van der Waals surface area (Å²) < 4.78 is 2.04. The Hall–Kier alpha value is -2.55. The van der Waals surface area contributed by atoms with E-state index in [0.29, 0.717) is 0 Å². The van der Waals surface area contributed by atoms with E-state index in [1.54, 1.807) is 0 Å². The van der Waals surface area contributed by atoms with Crippen molar-refractivity contribution >= 4 is 11.8 Å². The summed E-state index contributed by atoms with van der Waals surface area (Å²) in [7, 11) is 0. The maximum Gasteiger partial charge on any atom is 0.210 e. The number of rotatable bonds is 3. The maximum absolute atomic E-state index is 4.40. The highest BCUT2D eigenvalue weighted by atomic mass is 15.4. The molecule has 0 unspecified atom stereocenters. The first kappa shape index (κ1) is 14.4. The van der Waals surface area contributed by atoms with Crippen LogP contribution in [0.1, 0.15) is 18.4 Å². The van der Waals surface area contributed by atoms with Crippen molar-refractivity contribution < 1.29 is 4.70 Å². The number of nitrogens with zero attached hydrogens (tertiary/aromatic N) is 3. The third-order valence-corrected chi connectivity index (χ3v) is 3.66. The van der Waals surface area contributed by atoms with E-state index in [4.69, 9.17) is 0 Å². The quantitative estimate of drug-likeness (QED) is 0.584. The minimum Gasteiger partial charge on any atom is -0.165 e. The van der Waals surface area contributed by atoms with Crippen molar-refractivity contribution in [3.8, 4) is 0 Å². The van der Waals surface area contributed by atoms with Gasteiger partial charge >= 0.3 is 0 Å². The molecule has 0 bridgehead atoms. The molecule has 1 aliphatic heterocycles. The summed E-state index contributed by atoms with van der Waals surface area (Å²) in [5.41, 5.74) is 3.18. The Bertz CT molecular complexity index is 681. The molecule has 1 heterocycles. The van der Waals surface area contributed by atoms with Crippen LogP contribution in [0.25, 0.3) is 6.08 Å². The molecule has 110 valence electrons. The predicted octanol–water partition coefficient (Wildman–Crippen LogP) is 4.37. The van der Waals surface area contributed by atoms with Gasteiger partial charge in [0.25, 0.3) is 0 Å². The van der Waals surface area contributed by atoms with Crippen LogP contribution < -0.4 is 0 Å². The SMILES string of the molecule is C1=CC(=N/N=[N+]2CCCC2)/C(=C/C=C/c2ccccc2)C=C1. The average Bonchev–Trinajstić information content (AvgIpc) is 3.08. The fourth-order valence-corrected chi connectivity index (χ4v) is 2.45. The van der Waals surface area contributed by atoms with Crippen molar-refractivity contribution in [2.75, 3.05) is 13.1 Å². The first-order chi connectivity index (χ1) is 10.9. The lowest BCUT2D eigenvalue weighted by atomic mass is 10.0. The zero-order valence-corrected chi connectivity index (χ0v) is 12.6. The Morgan fingerprint density at radius 1 is 0.955 bits per heavy atom. The molecule has 0 saturated carbocycles. The van der Waals surface area contributed by atoms with Crippen LogP contribution in [0.3, 0.4) is 0 Å². The Balaban J connectivity index is 1.75. The standard InChI is InChI=1S/C19H20N3/c1-2-9-17(10-3-1)11-8-13-18-12-4-5-14-19(18)20-21-22-15-6-7-16-22/h1-5,8-14H,6-7,15-16H2/q+1/b11-8+,18-13+. The molecule has 0 atom stereocenters. The summed E-state index contributed by atoms with van der Waals surface area (Å²) >= 11 is 0. The van der Waals surface area contributed by atoms with Crippen LogP contribution in [0.4, 0.5) is 0 Å². The van der Waals surface area contributed by atoms with Gasteiger partial charge in [0, 0.05) is 5.57 Å². The molecule has 0 radical (unpaired) electrons. The molecular formula is C19H20N3+. The molecular weight excluding hydrogens is 270 g/mol. The van der Waals surface area contributed by atoms with E-state index in [1.165, 1.54) is 18.4 Å². The van der Waals surface area contributed by atoms with E-state index >= 15 is 0 Å². The van der Waals surface area contributed by atoms with Gasteiger partial charge in [0.15, 0.2) is 0 Å². The molecule has 0 spiro atoms. The largest absolute Gasteiger partial charge is 0.210 e. The Morgan fingerprint density at radius 3 is 2.55 bits per heavy atom. The monoisotopic (exact) mass is 290 g/mol. The van der Waals surface area contributed by atoms with Crippen molar-refractivity contribution in [1.29, 1.82) is 0 Å². The Kier molecular flexibility index (Phi) is 4.88. The average molecular weight is 290 g/mol. The van der Waals surface area contributed by atoms with Crippen molar-refractivity contribution in [3.05, 3.63) is 77.9 Å². The Morgan fingerprint density at radius 2 is 1.73 bits per heavy atom. The lowest BCUT2D eigenvalue weighted by Crippen LogP contribution is -2.04. The third-order valence-electron chi connectivity index (χ3n) is 3.66. The van der Waals surface area contributed by atoms with E-state index < -0.39 is 0 Å². The summed E-state index contributed by atoms with van der Waals surface area (Å²) in [4.78, 5) is 0. The van der Waals surface area contributed by atoms with E-state index in [-0.39, 0.29) is 0 Å². The molecule has 22 heavy (non-hydrogen) atoms. The first-order valence-electron chi connectivity index (χ1n) is 7.74. The summed E-state index contributed by atoms with van der Waals surface area (Å²) in [5, 5.41) is 8.73. The van der Waals surface area contributed by atoms with Crippen LogP contribution in [0.2, 0.25) is 0 Å². The molecule has 2 aliphatic rings. The number of benzene rings is 1. The maximum atomic E-state index is 4.40. The topological polar surface area (TPSA) is 27.7 Å². The third kappa shape index (κ3) is 3.98. The zero-order valence-electron chi connectivity index (χ0n) is 12.6. The van der Waals surface area contributed by atoms with Crippen molar-refractivity contribution in [1.82, 2.24) is 0 Å². The van der Waals surface area contributed by atoms with Crippen LogP contribution in [0, 0.1) is 0 Å². The zero-order chi connectivity index (χ0) is 15.0. The van der Waals surface area contributed by atoms with Gasteiger partial charge in [0.05, 0.1) is 5.10 Å². The van der Waals surface area contributed by atoms with Gasteiger partial charge in [-0.1, -0.05) is 66.8 Å². The van der Waals surface area contributed by atoms with Crippen molar-refractivity contribution in [3.63, 3.8) is 0 Å². The van der Waals surface area contributed by atoms with Gasteiger partial charge in [-0.2, -0.15) is 4.70 Å². The summed E-state index contributed by atoms with van der Waals surface area (Å²) in [6, 6.07) is 10.3. The second kappa shape index (κ2) is 7.46. The minimum atomic E-state index is 0.909. The van der Waals surface area contributed by atoms with Crippen LogP contribution in [0.5, 0.6) is 0 Å². The molecule has 3 heteroatoms. The number of hydrogen-bond donors (Lipinski definition) is 0. The smallest absolute Gasteiger partial charge is 0.165 e. The molecule has 3 nitrogen and oxygen atoms in total. The molecule has 1 aliphatic carbocycles. The predicted molar refractivity (Wildman–Crippen MR) is 90.9 cm³/mol. The van der Waals surface area contributed by atoms with Crippen molar-refractivity contribution in [2.24, 2.45) is 10.3 Å². The fourth-order valence-electron chi connectivity index (χ4n) is 2.45. The van der Waals surface area contributed by atoms with Gasteiger partial charge in [-0.25, -0.2) is 0 Å². The molecule has 0 aromatic heterocycles. The summed E-state index contributed by atoms with van der Waals surface area (Å²) in [6.45, 7) is 2.03. The number of allylic oxidation sites excluding steroid dienone is 7. The highest BCUT2D eigenvalue weighted by molar-refractivity contribution is 6.11. The normalized spacial score (nSPS) is 21.4. The molecule has 1 aromatic rings.